The first-order valence-corrected chi connectivity index (χ1v) is 8.90. The Morgan fingerprint density at radius 1 is 0.833 bits per heavy atom. The summed E-state index contributed by atoms with van der Waals surface area (Å²) in [6.45, 7) is 1.42. The van der Waals surface area contributed by atoms with Crippen molar-refractivity contribution >= 4 is 12.3 Å². The van der Waals surface area contributed by atoms with Crippen LogP contribution in [0.25, 0.3) is 0 Å². The van der Waals surface area contributed by atoms with Gasteiger partial charge in [-0.15, -0.1) is 0 Å². The Labute approximate surface area is 144 Å². The maximum atomic E-state index is 11.2. The van der Waals surface area contributed by atoms with E-state index in [-0.39, 0.29) is 6.61 Å². The first-order valence-electron chi connectivity index (χ1n) is 8.90. The lowest BCUT2D eigenvalue weighted by atomic mass is 10.1. The molecule has 7 nitrogen and oxygen atoms in total. The zero-order valence-electron chi connectivity index (χ0n) is 14.7. The van der Waals surface area contributed by atoms with Gasteiger partial charge in [0.05, 0.1) is 13.2 Å². The Kier molecular flexibility index (Phi) is 15.6. The Balaban J connectivity index is 3.35. The molecule has 0 saturated heterocycles. The summed E-state index contributed by atoms with van der Waals surface area (Å²) in [6.07, 6.45) is 8.19. The van der Waals surface area contributed by atoms with Gasteiger partial charge in [-0.2, -0.15) is 0 Å². The lowest BCUT2D eigenvalue weighted by Gasteiger charge is -2.08. The van der Waals surface area contributed by atoms with Crippen molar-refractivity contribution in [2.75, 3.05) is 19.8 Å². The molecule has 0 amide bonds. The number of unbranched alkanes of at least 4 members (excludes halogenated alkanes) is 9. The predicted molar refractivity (Wildman–Crippen MR) is 88.7 cm³/mol. The van der Waals surface area contributed by atoms with Crippen LogP contribution >= 0.6 is 0 Å². The number of hydrogen-bond acceptors (Lipinski definition) is 7. The van der Waals surface area contributed by atoms with E-state index in [9.17, 15) is 9.59 Å². The van der Waals surface area contributed by atoms with E-state index >= 15 is 0 Å². The third-order valence-electron chi connectivity index (χ3n) is 3.49. The molecule has 0 heterocycles. The summed E-state index contributed by atoms with van der Waals surface area (Å²) in [5, 5.41) is 17.5. The predicted octanol–water partition coefficient (Wildman–Crippen LogP) is 3.55. The van der Waals surface area contributed by atoms with Gasteiger partial charge in [0.2, 0.25) is 0 Å². The summed E-state index contributed by atoms with van der Waals surface area (Å²) in [5.41, 5.74) is 0. The van der Waals surface area contributed by atoms with Crippen molar-refractivity contribution in [2.24, 2.45) is 0 Å². The van der Waals surface area contributed by atoms with E-state index in [1.807, 2.05) is 0 Å². The molecule has 0 aliphatic carbocycles. The molecule has 0 aromatic rings. The number of hydrogen-bond donors (Lipinski definition) is 2. The third kappa shape index (κ3) is 15.6. The van der Waals surface area contributed by atoms with Crippen LogP contribution in [0.2, 0.25) is 0 Å². The molecule has 0 saturated carbocycles. The Morgan fingerprint density at radius 2 is 1.33 bits per heavy atom. The molecule has 0 fully saturated rings. The molecule has 142 valence electrons. The summed E-state index contributed by atoms with van der Waals surface area (Å²) in [7, 11) is 0. The molecule has 7 heteroatoms. The Morgan fingerprint density at radius 3 is 1.88 bits per heavy atom. The third-order valence-corrected chi connectivity index (χ3v) is 3.49. The fourth-order valence-electron chi connectivity index (χ4n) is 2.09. The molecule has 1 atom stereocenters. The zero-order chi connectivity index (χ0) is 18.0. The van der Waals surface area contributed by atoms with Crippen molar-refractivity contribution in [1.29, 1.82) is 0 Å². The minimum absolute atomic E-state index is 0.196. The summed E-state index contributed by atoms with van der Waals surface area (Å²) in [4.78, 5) is 22.2. The number of aliphatic hydroxyl groups excluding tert-OH is 2. The standard InChI is InChI=1S/C17H32O7/c1-2-3-4-5-6-7-8-9-10-11-12-22-16(20)24-17(21)23-14-15(19)13-18/h15,18-19H,2-14H2,1H3. The smallest absolute Gasteiger partial charge is 0.434 e. The summed E-state index contributed by atoms with van der Waals surface area (Å²) in [6, 6.07) is 0. The molecular formula is C17H32O7. The van der Waals surface area contributed by atoms with Gasteiger partial charge >= 0.3 is 12.3 Å². The molecule has 0 aliphatic heterocycles. The van der Waals surface area contributed by atoms with E-state index < -0.39 is 31.6 Å². The van der Waals surface area contributed by atoms with Crippen molar-refractivity contribution in [1.82, 2.24) is 0 Å². The minimum atomic E-state index is -1.25. The van der Waals surface area contributed by atoms with Gasteiger partial charge in [-0.05, 0) is 6.42 Å². The van der Waals surface area contributed by atoms with Crippen LogP contribution in [0.1, 0.15) is 71.1 Å². The van der Waals surface area contributed by atoms with Crippen molar-refractivity contribution in [3.05, 3.63) is 0 Å². The van der Waals surface area contributed by atoms with E-state index in [0.717, 1.165) is 19.3 Å². The highest BCUT2D eigenvalue weighted by atomic mass is 16.8. The van der Waals surface area contributed by atoms with Gasteiger partial charge in [0.15, 0.2) is 0 Å². The van der Waals surface area contributed by atoms with Crippen molar-refractivity contribution in [2.45, 2.75) is 77.2 Å². The van der Waals surface area contributed by atoms with Crippen LogP contribution in [0.15, 0.2) is 0 Å². The van der Waals surface area contributed by atoms with Crippen LogP contribution in [-0.4, -0.2) is 48.4 Å². The first kappa shape index (κ1) is 22.7. The van der Waals surface area contributed by atoms with Gasteiger partial charge in [0.1, 0.15) is 12.7 Å². The normalized spacial score (nSPS) is 11.8. The molecule has 0 spiro atoms. The molecule has 24 heavy (non-hydrogen) atoms. The number of aliphatic hydroxyl groups is 2. The summed E-state index contributed by atoms with van der Waals surface area (Å²) >= 11 is 0. The molecule has 1 unspecified atom stereocenters. The lowest BCUT2D eigenvalue weighted by Crippen LogP contribution is -2.24. The average Bonchev–Trinajstić information content (AvgIpc) is 2.57. The van der Waals surface area contributed by atoms with E-state index in [1.165, 1.54) is 44.9 Å². The fourth-order valence-corrected chi connectivity index (χ4v) is 2.09. The van der Waals surface area contributed by atoms with Crippen molar-refractivity contribution in [3.63, 3.8) is 0 Å². The topological polar surface area (TPSA) is 102 Å². The van der Waals surface area contributed by atoms with Crippen LogP contribution in [-0.2, 0) is 14.2 Å². The molecule has 2 N–H and O–H groups in total. The van der Waals surface area contributed by atoms with Crippen LogP contribution in [0.3, 0.4) is 0 Å². The largest absolute Gasteiger partial charge is 0.518 e. The number of carbonyl (C=O) groups is 2. The summed E-state index contributed by atoms with van der Waals surface area (Å²) < 4.78 is 13.4. The quantitative estimate of drug-likeness (QED) is 0.281. The maximum Gasteiger partial charge on any atom is 0.518 e. The number of carbonyl (C=O) groups excluding carboxylic acids is 2. The highest BCUT2D eigenvalue weighted by Gasteiger charge is 2.14. The SMILES string of the molecule is CCCCCCCCCCCCOC(=O)OC(=O)OCC(O)CO. The first-order chi connectivity index (χ1) is 11.6. The lowest BCUT2D eigenvalue weighted by molar-refractivity contribution is -0.000930. The molecule has 0 rings (SSSR count). The van der Waals surface area contributed by atoms with Crippen molar-refractivity contribution in [3.8, 4) is 0 Å². The average molecular weight is 348 g/mol. The van der Waals surface area contributed by atoms with E-state index in [4.69, 9.17) is 14.9 Å². The van der Waals surface area contributed by atoms with E-state index in [0.29, 0.717) is 0 Å². The number of rotatable bonds is 14. The van der Waals surface area contributed by atoms with Gasteiger partial charge in [-0.25, -0.2) is 9.59 Å². The van der Waals surface area contributed by atoms with Gasteiger partial charge < -0.3 is 24.4 Å². The van der Waals surface area contributed by atoms with Gasteiger partial charge in [0, 0.05) is 0 Å². The molecule has 0 radical (unpaired) electrons. The molecule has 0 aromatic carbocycles. The van der Waals surface area contributed by atoms with Crippen LogP contribution in [0.4, 0.5) is 9.59 Å². The highest BCUT2D eigenvalue weighted by Crippen LogP contribution is 2.10. The second-order valence-corrected chi connectivity index (χ2v) is 5.78. The van der Waals surface area contributed by atoms with Crippen molar-refractivity contribution < 1.29 is 34.0 Å². The second-order valence-electron chi connectivity index (χ2n) is 5.78. The second kappa shape index (κ2) is 16.5. The van der Waals surface area contributed by atoms with Gasteiger partial charge in [-0.1, -0.05) is 64.7 Å². The molecule has 0 bridgehead atoms. The minimum Gasteiger partial charge on any atom is -0.434 e. The maximum absolute atomic E-state index is 11.2. The summed E-state index contributed by atoms with van der Waals surface area (Å²) in [5.74, 6) is 0. The Bertz CT molecular complexity index is 320. The molecule has 0 aromatic heterocycles. The highest BCUT2D eigenvalue weighted by molar-refractivity contribution is 5.76. The molecular weight excluding hydrogens is 316 g/mol. The van der Waals surface area contributed by atoms with E-state index in [1.54, 1.807) is 0 Å². The van der Waals surface area contributed by atoms with E-state index in [2.05, 4.69) is 16.4 Å². The number of ether oxygens (including phenoxy) is 3. The van der Waals surface area contributed by atoms with Crippen LogP contribution in [0.5, 0.6) is 0 Å². The molecule has 0 aliphatic rings. The Hall–Kier alpha value is -1.34. The zero-order valence-corrected chi connectivity index (χ0v) is 14.7. The van der Waals surface area contributed by atoms with Gasteiger partial charge in [0.25, 0.3) is 0 Å². The fraction of sp³-hybridized carbons (Fsp3) is 0.882. The van der Waals surface area contributed by atoms with Crippen LogP contribution in [0, 0.1) is 0 Å². The van der Waals surface area contributed by atoms with Gasteiger partial charge in [-0.3, -0.25) is 0 Å². The van der Waals surface area contributed by atoms with Crippen LogP contribution < -0.4 is 0 Å². The monoisotopic (exact) mass is 348 g/mol.